The lowest BCUT2D eigenvalue weighted by Crippen LogP contribution is -2.20. The largest absolute Gasteiger partial charge is 0.508 e. The van der Waals surface area contributed by atoms with Gasteiger partial charge in [-0.25, -0.2) is 0 Å². The van der Waals surface area contributed by atoms with Crippen LogP contribution >= 0.6 is 0 Å². The van der Waals surface area contributed by atoms with Crippen molar-refractivity contribution in [3.8, 4) is 11.5 Å². The molecule has 0 saturated heterocycles. The van der Waals surface area contributed by atoms with E-state index in [0.717, 1.165) is 12.8 Å². The van der Waals surface area contributed by atoms with Crippen LogP contribution < -0.4 is 4.74 Å². The molecule has 0 amide bonds. The molecule has 3 aromatic rings. The predicted octanol–water partition coefficient (Wildman–Crippen LogP) is 5.18. The molecule has 0 heterocycles. The Bertz CT molecular complexity index is 945. The Balaban J connectivity index is 1.78. The summed E-state index contributed by atoms with van der Waals surface area (Å²) < 4.78 is 5.18. The molecule has 4 rings (SSSR count). The van der Waals surface area contributed by atoms with Crippen molar-refractivity contribution in [2.75, 3.05) is 0 Å². The van der Waals surface area contributed by atoms with E-state index in [0.29, 0.717) is 17.4 Å². The molecule has 1 aliphatic rings. The number of carbonyl (C=O) groups excluding carboxylic acids is 1. The van der Waals surface area contributed by atoms with E-state index in [1.165, 1.54) is 29.2 Å². The van der Waals surface area contributed by atoms with Gasteiger partial charge in [0, 0.05) is 12.8 Å². The molecule has 0 aromatic heterocycles. The van der Waals surface area contributed by atoms with Crippen LogP contribution in [0.2, 0.25) is 0 Å². The standard InChI is InChI=1S/C24H22O3/c1-16(25)27-21-11-7-18(8-12-21)24-22(17-5-3-2-4-6-17)13-9-19-15-20(26)10-14-23(19)24/h2-8,10-12,14-15,22,24,26H,9,13H2,1H3/t22-,24+/m1/s1. The Kier molecular flexibility index (Phi) is 4.68. The average molecular weight is 358 g/mol. The molecular formula is C24H22O3. The van der Waals surface area contributed by atoms with E-state index in [1.807, 2.05) is 42.5 Å². The fourth-order valence-corrected chi connectivity index (χ4v) is 4.19. The molecule has 136 valence electrons. The zero-order chi connectivity index (χ0) is 18.8. The molecule has 3 heteroatoms. The zero-order valence-corrected chi connectivity index (χ0v) is 15.3. The second-order valence-electron chi connectivity index (χ2n) is 7.08. The zero-order valence-electron chi connectivity index (χ0n) is 15.3. The number of benzene rings is 3. The van der Waals surface area contributed by atoms with Gasteiger partial charge >= 0.3 is 5.97 Å². The van der Waals surface area contributed by atoms with E-state index in [4.69, 9.17) is 4.74 Å². The van der Waals surface area contributed by atoms with Gasteiger partial charge in [-0.2, -0.15) is 0 Å². The van der Waals surface area contributed by atoms with Crippen LogP contribution in [0, 0.1) is 0 Å². The number of hydrogen-bond donors (Lipinski definition) is 1. The second kappa shape index (κ2) is 7.28. The Hall–Kier alpha value is -3.07. The topological polar surface area (TPSA) is 46.5 Å². The van der Waals surface area contributed by atoms with Crippen molar-refractivity contribution in [2.24, 2.45) is 0 Å². The number of phenols is 1. The third-order valence-electron chi connectivity index (χ3n) is 5.32. The van der Waals surface area contributed by atoms with Gasteiger partial charge in [-0.05, 0) is 65.3 Å². The predicted molar refractivity (Wildman–Crippen MR) is 105 cm³/mol. The van der Waals surface area contributed by atoms with Gasteiger partial charge in [0.05, 0.1) is 0 Å². The maximum Gasteiger partial charge on any atom is 0.308 e. The van der Waals surface area contributed by atoms with E-state index >= 15 is 0 Å². The molecule has 3 nitrogen and oxygen atoms in total. The Morgan fingerprint density at radius 2 is 1.70 bits per heavy atom. The first kappa shape index (κ1) is 17.3. The fourth-order valence-electron chi connectivity index (χ4n) is 4.19. The summed E-state index contributed by atoms with van der Waals surface area (Å²) in [5.41, 5.74) is 4.97. The SMILES string of the molecule is CC(=O)Oc1ccc([C@@H]2c3ccc(O)cc3CC[C@@H]2c2ccccc2)cc1. The van der Waals surface area contributed by atoms with Gasteiger partial charge < -0.3 is 9.84 Å². The van der Waals surface area contributed by atoms with Crippen molar-refractivity contribution >= 4 is 5.97 Å². The summed E-state index contributed by atoms with van der Waals surface area (Å²) in [5.74, 6) is 1.12. The highest BCUT2D eigenvalue weighted by molar-refractivity contribution is 5.69. The van der Waals surface area contributed by atoms with Crippen LogP contribution in [0.1, 0.15) is 47.4 Å². The highest BCUT2D eigenvalue weighted by Crippen LogP contribution is 2.47. The number of fused-ring (bicyclic) bond motifs is 1. The molecule has 0 saturated carbocycles. The van der Waals surface area contributed by atoms with Crippen molar-refractivity contribution in [3.63, 3.8) is 0 Å². The number of phenolic OH excluding ortho intramolecular Hbond substituents is 1. The van der Waals surface area contributed by atoms with Crippen molar-refractivity contribution in [1.29, 1.82) is 0 Å². The summed E-state index contributed by atoms with van der Waals surface area (Å²) in [4.78, 5) is 11.2. The summed E-state index contributed by atoms with van der Waals surface area (Å²) in [6, 6.07) is 24.1. The van der Waals surface area contributed by atoms with E-state index in [1.54, 1.807) is 6.07 Å². The van der Waals surface area contributed by atoms with E-state index in [-0.39, 0.29) is 11.9 Å². The van der Waals surface area contributed by atoms with Crippen LogP contribution in [-0.4, -0.2) is 11.1 Å². The van der Waals surface area contributed by atoms with Crippen LogP contribution in [0.5, 0.6) is 11.5 Å². The summed E-state index contributed by atoms with van der Waals surface area (Å²) in [6.45, 7) is 1.41. The Morgan fingerprint density at radius 3 is 2.41 bits per heavy atom. The third-order valence-corrected chi connectivity index (χ3v) is 5.32. The average Bonchev–Trinajstić information content (AvgIpc) is 2.68. The molecule has 0 fully saturated rings. The number of ether oxygens (including phenoxy) is 1. The number of esters is 1. The van der Waals surface area contributed by atoms with E-state index in [2.05, 4.69) is 24.3 Å². The summed E-state index contributed by atoms with van der Waals surface area (Å²) in [6.07, 6.45) is 1.97. The number of carbonyl (C=O) groups is 1. The van der Waals surface area contributed by atoms with Crippen LogP contribution in [-0.2, 0) is 11.2 Å². The first-order valence-corrected chi connectivity index (χ1v) is 9.27. The molecule has 1 aliphatic carbocycles. The van der Waals surface area contributed by atoms with E-state index < -0.39 is 0 Å². The van der Waals surface area contributed by atoms with Crippen molar-refractivity contribution < 1.29 is 14.6 Å². The lowest BCUT2D eigenvalue weighted by Gasteiger charge is -2.34. The van der Waals surface area contributed by atoms with Crippen molar-refractivity contribution in [2.45, 2.75) is 31.6 Å². The highest BCUT2D eigenvalue weighted by Gasteiger charge is 2.32. The van der Waals surface area contributed by atoms with Crippen molar-refractivity contribution in [3.05, 3.63) is 95.1 Å². The van der Waals surface area contributed by atoms with Gasteiger partial charge in [-0.1, -0.05) is 48.5 Å². The normalized spacial score (nSPS) is 18.6. The maximum atomic E-state index is 11.2. The number of aryl methyl sites for hydroxylation is 1. The van der Waals surface area contributed by atoms with Crippen LogP contribution in [0.4, 0.5) is 0 Å². The van der Waals surface area contributed by atoms with Crippen molar-refractivity contribution in [1.82, 2.24) is 0 Å². The number of hydrogen-bond acceptors (Lipinski definition) is 3. The lowest BCUT2D eigenvalue weighted by molar-refractivity contribution is -0.131. The van der Waals surface area contributed by atoms with Gasteiger partial charge in [0.25, 0.3) is 0 Å². The molecule has 2 atom stereocenters. The molecule has 3 aromatic carbocycles. The molecular weight excluding hydrogens is 336 g/mol. The number of aromatic hydroxyl groups is 1. The molecule has 1 N–H and O–H groups in total. The van der Waals surface area contributed by atoms with Gasteiger partial charge in [0.2, 0.25) is 0 Å². The fraction of sp³-hybridized carbons (Fsp3) is 0.208. The minimum atomic E-state index is -0.316. The van der Waals surface area contributed by atoms with Crippen LogP contribution in [0.3, 0.4) is 0 Å². The first-order chi connectivity index (χ1) is 13.1. The van der Waals surface area contributed by atoms with E-state index in [9.17, 15) is 9.90 Å². The molecule has 0 bridgehead atoms. The maximum absolute atomic E-state index is 11.2. The summed E-state index contributed by atoms with van der Waals surface area (Å²) in [5, 5.41) is 9.90. The smallest absolute Gasteiger partial charge is 0.308 e. The number of rotatable bonds is 3. The van der Waals surface area contributed by atoms with Crippen LogP contribution in [0.15, 0.2) is 72.8 Å². The molecule has 0 aliphatic heterocycles. The summed E-state index contributed by atoms with van der Waals surface area (Å²) in [7, 11) is 0. The lowest BCUT2D eigenvalue weighted by atomic mass is 9.69. The van der Waals surface area contributed by atoms with Gasteiger partial charge in [-0.3, -0.25) is 4.79 Å². The second-order valence-corrected chi connectivity index (χ2v) is 7.08. The highest BCUT2D eigenvalue weighted by atomic mass is 16.5. The molecule has 27 heavy (non-hydrogen) atoms. The van der Waals surface area contributed by atoms with Crippen LogP contribution in [0.25, 0.3) is 0 Å². The summed E-state index contributed by atoms with van der Waals surface area (Å²) >= 11 is 0. The monoisotopic (exact) mass is 358 g/mol. The molecule has 0 unspecified atom stereocenters. The third kappa shape index (κ3) is 3.59. The first-order valence-electron chi connectivity index (χ1n) is 9.27. The van der Waals surface area contributed by atoms with Gasteiger partial charge in [0.15, 0.2) is 0 Å². The minimum absolute atomic E-state index is 0.197. The Morgan fingerprint density at radius 1 is 0.963 bits per heavy atom. The van der Waals surface area contributed by atoms with Gasteiger partial charge in [-0.15, -0.1) is 0 Å². The Labute approximate surface area is 159 Å². The minimum Gasteiger partial charge on any atom is -0.508 e. The molecule has 0 radical (unpaired) electrons. The van der Waals surface area contributed by atoms with Gasteiger partial charge in [0.1, 0.15) is 11.5 Å². The quantitative estimate of drug-likeness (QED) is 0.518. The molecule has 0 spiro atoms.